The van der Waals surface area contributed by atoms with E-state index in [4.69, 9.17) is 0 Å². The van der Waals surface area contributed by atoms with Crippen LogP contribution in [-0.2, 0) is 6.18 Å². The number of benzene rings is 1. The predicted octanol–water partition coefficient (Wildman–Crippen LogP) is 3.08. The van der Waals surface area contributed by atoms with E-state index in [1.807, 2.05) is 0 Å². The van der Waals surface area contributed by atoms with Crippen molar-refractivity contribution in [1.29, 1.82) is 0 Å². The van der Waals surface area contributed by atoms with Crippen molar-refractivity contribution in [2.24, 2.45) is 0 Å². The molecule has 21 heavy (non-hydrogen) atoms. The number of halogens is 4. The highest BCUT2D eigenvalue weighted by atomic mass is 19.4. The van der Waals surface area contributed by atoms with E-state index in [-0.39, 0.29) is 13.1 Å². The standard InChI is InChI=1S/C14H17F4NO2/c1-4-19(8-13(2,3)21)12(20)9-6-5-7-10(11(9)15)14(16,17)18/h5-7,21H,4,8H2,1-3H3. The fourth-order valence-corrected chi connectivity index (χ4v) is 1.88. The van der Waals surface area contributed by atoms with E-state index in [9.17, 15) is 27.5 Å². The summed E-state index contributed by atoms with van der Waals surface area (Å²) in [7, 11) is 0. The van der Waals surface area contributed by atoms with Gasteiger partial charge in [0.1, 0.15) is 5.82 Å². The van der Waals surface area contributed by atoms with E-state index in [2.05, 4.69) is 0 Å². The Labute approximate surface area is 120 Å². The van der Waals surface area contributed by atoms with Gasteiger partial charge >= 0.3 is 6.18 Å². The Bertz CT molecular complexity index is 521. The van der Waals surface area contributed by atoms with Crippen molar-refractivity contribution in [3.8, 4) is 0 Å². The predicted molar refractivity (Wildman–Crippen MR) is 69.3 cm³/mol. The molecule has 0 unspecified atom stereocenters. The second-order valence-electron chi connectivity index (χ2n) is 5.30. The van der Waals surface area contributed by atoms with E-state index in [0.29, 0.717) is 6.07 Å². The molecule has 0 spiro atoms. The van der Waals surface area contributed by atoms with E-state index < -0.39 is 34.6 Å². The third-order valence-electron chi connectivity index (χ3n) is 2.78. The number of carbonyl (C=O) groups excluding carboxylic acids is 1. The lowest BCUT2D eigenvalue weighted by atomic mass is 10.1. The Morgan fingerprint density at radius 2 is 1.86 bits per heavy atom. The number of likely N-dealkylation sites (N-methyl/N-ethyl adjacent to an activating group) is 1. The van der Waals surface area contributed by atoms with E-state index >= 15 is 0 Å². The molecule has 1 amide bonds. The van der Waals surface area contributed by atoms with Gasteiger partial charge in [-0.3, -0.25) is 4.79 Å². The lowest BCUT2D eigenvalue weighted by Gasteiger charge is -2.28. The Morgan fingerprint density at radius 1 is 1.29 bits per heavy atom. The summed E-state index contributed by atoms with van der Waals surface area (Å²) >= 11 is 0. The van der Waals surface area contributed by atoms with E-state index in [0.717, 1.165) is 17.0 Å². The smallest absolute Gasteiger partial charge is 0.389 e. The maximum atomic E-state index is 13.9. The van der Waals surface area contributed by atoms with Gasteiger partial charge in [0.15, 0.2) is 0 Å². The minimum absolute atomic E-state index is 0.113. The number of hydrogen-bond donors (Lipinski definition) is 1. The number of nitrogens with zero attached hydrogens (tertiary/aromatic N) is 1. The SMILES string of the molecule is CCN(CC(C)(C)O)C(=O)c1cccc(C(F)(F)F)c1F. The molecule has 0 saturated heterocycles. The molecule has 0 aromatic heterocycles. The molecule has 0 aliphatic carbocycles. The van der Waals surface area contributed by atoms with Crippen LogP contribution in [-0.4, -0.2) is 34.6 Å². The summed E-state index contributed by atoms with van der Waals surface area (Å²) in [6.07, 6.45) is -4.87. The van der Waals surface area contributed by atoms with Crippen LogP contribution in [0.3, 0.4) is 0 Å². The second kappa shape index (κ2) is 6.01. The average molecular weight is 307 g/mol. The highest BCUT2D eigenvalue weighted by molar-refractivity contribution is 5.94. The summed E-state index contributed by atoms with van der Waals surface area (Å²) in [6.45, 7) is 4.52. The first-order valence-electron chi connectivity index (χ1n) is 6.34. The molecule has 0 atom stereocenters. The molecule has 0 aliphatic rings. The van der Waals surface area contributed by atoms with Crippen LogP contribution in [0.4, 0.5) is 17.6 Å². The first-order chi connectivity index (χ1) is 9.47. The van der Waals surface area contributed by atoms with Gasteiger partial charge in [-0.2, -0.15) is 13.2 Å². The summed E-state index contributed by atoms with van der Waals surface area (Å²) in [5.74, 6) is -2.48. The average Bonchev–Trinajstić information content (AvgIpc) is 2.33. The number of carbonyl (C=O) groups is 1. The van der Waals surface area contributed by atoms with Crippen LogP contribution in [0.2, 0.25) is 0 Å². The molecule has 1 aromatic rings. The zero-order chi connectivity index (χ0) is 16.4. The van der Waals surface area contributed by atoms with Crippen LogP contribution in [0, 0.1) is 5.82 Å². The minimum Gasteiger partial charge on any atom is -0.389 e. The van der Waals surface area contributed by atoms with Gasteiger partial charge in [0.05, 0.1) is 16.7 Å². The number of amides is 1. The normalized spacial score (nSPS) is 12.4. The molecule has 1 N–H and O–H groups in total. The van der Waals surface area contributed by atoms with Crippen LogP contribution in [0.5, 0.6) is 0 Å². The van der Waals surface area contributed by atoms with Crippen molar-refractivity contribution in [3.63, 3.8) is 0 Å². The quantitative estimate of drug-likeness (QED) is 0.869. The highest BCUT2D eigenvalue weighted by Gasteiger charge is 2.36. The molecular formula is C14H17F4NO2. The molecule has 0 heterocycles. The lowest BCUT2D eigenvalue weighted by Crippen LogP contribution is -2.42. The van der Waals surface area contributed by atoms with Gasteiger partial charge in [-0.05, 0) is 32.9 Å². The summed E-state index contributed by atoms with van der Waals surface area (Å²) < 4.78 is 51.8. The van der Waals surface area contributed by atoms with Crippen molar-refractivity contribution in [1.82, 2.24) is 4.90 Å². The zero-order valence-corrected chi connectivity index (χ0v) is 12.0. The third kappa shape index (κ3) is 4.42. The van der Waals surface area contributed by atoms with Crippen molar-refractivity contribution < 1.29 is 27.5 Å². The van der Waals surface area contributed by atoms with Gasteiger partial charge in [0.25, 0.3) is 5.91 Å². The van der Waals surface area contributed by atoms with Crippen LogP contribution < -0.4 is 0 Å². The Balaban J connectivity index is 3.18. The van der Waals surface area contributed by atoms with Crippen LogP contribution in [0.25, 0.3) is 0 Å². The molecule has 0 radical (unpaired) electrons. The Hall–Kier alpha value is -1.63. The van der Waals surface area contributed by atoms with Crippen LogP contribution >= 0.6 is 0 Å². The van der Waals surface area contributed by atoms with Crippen molar-refractivity contribution >= 4 is 5.91 Å². The maximum absolute atomic E-state index is 13.9. The number of alkyl halides is 3. The van der Waals surface area contributed by atoms with E-state index in [1.54, 1.807) is 6.92 Å². The van der Waals surface area contributed by atoms with E-state index in [1.165, 1.54) is 13.8 Å². The second-order valence-corrected chi connectivity index (χ2v) is 5.30. The number of aliphatic hydroxyl groups is 1. The largest absolute Gasteiger partial charge is 0.419 e. The molecule has 1 rings (SSSR count). The van der Waals surface area contributed by atoms with Crippen molar-refractivity contribution in [3.05, 3.63) is 35.1 Å². The third-order valence-corrected chi connectivity index (χ3v) is 2.78. The van der Waals surface area contributed by atoms with Gasteiger partial charge in [-0.1, -0.05) is 6.07 Å². The number of hydrogen-bond acceptors (Lipinski definition) is 2. The molecule has 1 aromatic carbocycles. The van der Waals surface area contributed by atoms with Crippen molar-refractivity contribution in [2.75, 3.05) is 13.1 Å². The molecule has 3 nitrogen and oxygen atoms in total. The Morgan fingerprint density at radius 3 is 2.29 bits per heavy atom. The summed E-state index contributed by atoms with van der Waals surface area (Å²) in [5, 5.41) is 9.70. The minimum atomic E-state index is -4.87. The molecule has 118 valence electrons. The topological polar surface area (TPSA) is 40.5 Å². The summed E-state index contributed by atoms with van der Waals surface area (Å²) in [5.41, 5.74) is -3.37. The van der Waals surface area contributed by atoms with Gasteiger partial charge in [-0.25, -0.2) is 4.39 Å². The maximum Gasteiger partial charge on any atom is 0.419 e. The zero-order valence-electron chi connectivity index (χ0n) is 12.0. The first-order valence-corrected chi connectivity index (χ1v) is 6.34. The monoisotopic (exact) mass is 307 g/mol. The molecule has 0 bridgehead atoms. The number of rotatable bonds is 4. The summed E-state index contributed by atoms with van der Waals surface area (Å²) in [6, 6.07) is 2.56. The molecule has 0 fully saturated rings. The Kier molecular flexibility index (Phi) is 4.99. The lowest BCUT2D eigenvalue weighted by molar-refractivity contribution is -0.140. The molecule has 7 heteroatoms. The first kappa shape index (κ1) is 17.4. The molecule has 0 saturated carbocycles. The van der Waals surface area contributed by atoms with Gasteiger partial charge < -0.3 is 10.0 Å². The van der Waals surface area contributed by atoms with Gasteiger partial charge in [-0.15, -0.1) is 0 Å². The van der Waals surface area contributed by atoms with Gasteiger partial charge in [0, 0.05) is 13.1 Å². The highest BCUT2D eigenvalue weighted by Crippen LogP contribution is 2.32. The van der Waals surface area contributed by atoms with Gasteiger partial charge in [0.2, 0.25) is 0 Å². The van der Waals surface area contributed by atoms with Crippen LogP contribution in [0.1, 0.15) is 36.7 Å². The molecule has 0 aliphatic heterocycles. The molecular weight excluding hydrogens is 290 g/mol. The fourth-order valence-electron chi connectivity index (χ4n) is 1.88. The summed E-state index contributed by atoms with van der Waals surface area (Å²) in [4.78, 5) is 13.3. The van der Waals surface area contributed by atoms with Crippen molar-refractivity contribution in [2.45, 2.75) is 32.5 Å². The fraction of sp³-hybridized carbons (Fsp3) is 0.500. The van der Waals surface area contributed by atoms with Crippen LogP contribution in [0.15, 0.2) is 18.2 Å².